The largest absolute Gasteiger partial charge is 0.387 e. The Balaban J connectivity index is 0.000000154. The number of hydrogen-bond acceptors (Lipinski definition) is 9. The number of fused-ring (bicyclic) bond motifs is 4. The maximum Gasteiger partial charge on any atom is 0.333 e. The van der Waals surface area contributed by atoms with Crippen LogP contribution in [0.2, 0.25) is 0 Å². The van der Waals surface area contributed by atoms with Crippen molar-refractivity contribution in [1.82, 2.24) is 23.8 Å². The molecule has 8 rings (SSSR count). The Bertz CT molecular complexity index is 2260. The number of urea groups is 1. The van der Waals surface area contributed by atoms with E-state index in [1.807, 2.05) is 34.0 Å². The van der Waals surface area contributed by atoms with Crippen molar-refractivity contribution in [2.24, 2.45) is 5.14 Å². The van der Waals surface area contributed by atoms with Gasteiger partial charge in [0.05, 0.1) is 12.7 Å². The number of nitriles is 1. The van der Waals surface area contributed by atoms with Gasteiger partial charge in [0.1, 0.15) is 5.75 Å². The minimum Gasteiger partial charge on any atom is -0.387 e. The molecular weight excluding hydrogens is 729 g/mol. The summed E-state index contributed by atoms with van der Waals surface area (Å²) in [6.07, 6.45) is 20.5. The Morgan fingerprint density at radius 1 is 0.741 bits per heavy atom. The zero-order valence-electron chi connectivity index (χ0n) is 31.2. The van der Waals surface area contributed by atoms with Crippen LogP contribution >= 0.6 is 0 Å². The van der Waals surface area contributed by atoms with Gasteiger partial charge in [-0.1, -0.05) is 12.1 Å². The van der Waals surface area contributed by atoms with Gasteiger partial charge in [0.2, 0.25) is 0 Å². The van der Waals surface area contributed by atoms with Gasteiger partial charge in [-0.2, -0.15) is 8.42 Å². The maximum atomic E-state index is 12.5. The lowest BCUT2D eigenvalue weighted by Gasteiger charge is -2.16. The predicted molar refractivity (Wildman–Crippen MR) is 203 cm³/mol. The molecule has 0 atom stereocenters. The predicted octanol–water partition coefficient (Wildman–Crippen LogP) is 5.59. The van der Waals surface area contributed by atoms with Crippen molar-refractivity contribution in [2.75, 3.05) is 5.32 Å². The van der Waals surface area contributed by atoms with Crippen molar-refractivity contribution in [1.29, 1.82) is 5.26 Å². The molecule has 0 aliphatic heterocycles. The van der Waals surface area contributed by atoms with Gasteiger partial charge < -0.3 is 19.2 Å². The second-order valence-corrected chi connectivity index (χ2v) is 17.9. The maximum absolute atomic E-state index is 12.5. The van der Waals surface area contributed by atoms with E-state index in [1.165, 1.54) is 71.3 Å². The fourth-order valence-electron chi connectivity index (χ4n) is 7.70. The molecule has 288 valence electrons. The molecule has 4 N–H and O–H groups in total. The number of sulfonamides is 2. The van der Waals surface area contributed by atoms with E-state index in [0.29, 0.717) is 0 Å². The lowest BCUT2D eigenvalue weighted by Crippen LogP contribution is -2.35. The Morgan fingerprint density at radius 2 is 1.17 bits per heavy atom. The number of anilines is 1. The lowest BCUT2D eigenvalue weighted by molar-refractivity contribution is 0.256. The molecule has 0 unspecified atom stereocenters. The molecule has 0 bridgehead atoms. The molecule has 16 heteroatoms. The summed E-state index contributed by atoms with van der Waals surface area (Å²) < 4.78 is 57.2. The Labute approximate surface area is 317 Å². The molecule has 0 radical (unpaired) electrons. The van der Waals surface area contributed by atoms with Gasteiger partial charge in [-0.3, -0.25) is 0 Å². The summed E-state index contributed by atoms with van der Waals surface area (Å²) in [5.74, 6) is 0.903. The number of ether oxygens (including phenoxy) is 1. The fraction of sp³-hybridized carbons (Fsp3) is 0.474. The number of hydrogen-bond donors (Lipinski definition) is 3. The van der Waals surface area contributed by atoms with Crippen molar-refractivity contribution in [2.45, 2.75) is 127 Å². The van der Waals surface area contributed by atoms with Gasteiger partial charge in [-0.25, -0.2) is 33.0 Å². The number of amides is 2. The van der Waals surface area contributed by atoms with Crippen LogP contribution < -0.4 is 19.9 Å². The first kappa shape index (κ1) is 39.0. The van der Waals surface area contributed by atoms with E-state index in [1.54, 1.807) is 9.13 Å². The Morgan fingerprint density at radius 3 is 1.57 bits per heavy atom. The molecule has 0 saturated heterocycles. The summed E-state index contributed by atoms with van der Waals surface area (Å²) in [4.78, 5) is 20.1. The molecule has 4 aliphatic carbocycles. The number of rotatable bonds is 7. The summed E-state index contributed by atoms with van der Waals surface area (Å²) in [6, 6.07) is 4.15. The van der Waals surface area contributed by atoms with Gasteiger partial charge in [0, 0.05) is 30.2 Å². The van der Waals surface area contributed by atoms with Gasteiger partial charge in [-0.05, 0) is 149 Å². The highest BCUT2D eigenvalue weighted by Gasteiger charge is 2.28. The number of nitrogens with one attached hydrogen (secondary N) is 2. The Hall–Kier alpha value is -4.72. The monoisotopic (exact) mass is 776 g/mol. The van der Waals surface area contributed by atoms with Crippen molar-refractivity contribution in [3.8, 4) is 12.0 Å². The molecular formula is C38H48N8O6S2. The minimum atomic E-state index is -4.01. The van der Waals surface area contributed by atoms with Crippen LogP contribution in [-0.2, 0) is 71.4 Å². The number of carbonyl (C=O) groups excluding carboxylic acids is 1. The second-order valence-electron chi connectivity index (χ2n) is 14.7. The third kappa shape index (κ3) is 8.48. The van der Waals surface area contributed by atoms with Crippen molar-refractivity contribution < 1.29 is 26.4 Å². The van der Waals surface area contributed by atoms with E-state index >= 15 is 0 Å². The SMILES string of the molecule is CC(C)n1cnc(S(=O)(=O)NC(=O)Nc2c3c(cc4c2CCC4)CCC3)c1.CC(C)n1cnc(S(N)(=O)=O)c1.N#COc1c2c(cc3c1CCC3)CCC2. The topological polar surface area (TPSA) is 204 Å². The van der Waals surface area contributed by atoms with Crippen LogP contribution in [0.25, 0.3) is 0 Å². The van der Waals surface area contributed by atoms with Crippen molar-refractivity contribution in [3.63, 3.8) is 0 Å². The van der Waals surface area contributed by atoms with Gasteiger partial charge in [-0.15, -0.1) is 5.26 Å². The molecule has 14 nitrogen and oxygen atoms in total. The van der Waals surface area contributed by atoms with E-state index in [4.69, 9.17) is 15.1 Å². The summed E-state index contributed by atoms with van der Waals surface area (Å²) in [6.45, 7) is 7.70. The van der Waals surface area contributed by atoms with Gasteiger partial charge in [0.25, 0.3) is 26.3 Å². The van der Waals surface area contributed by atoms with E-state index in [0.717, 1.165) is 86.8 Å². The number of primary sulfonamides is 1. The number of nitrogens with zero attached hydrogens (tertiary/aromatic N) is 5. The standard InChI is InChI=1S/C19H24N4O3S.C13H13NO.C6H11N3O2S/c1-12(2)23-10-17(20-11-23)27(25,26)22-19(24)21-18-15-7-3-5-13(15)9-14-6-4-8-16(14)18;14-8-15-13-11-5-1-3-9(11)7-10-4-2-6-12(10)13;1-5(2)9-3-6(8-4-9)12(7,10)11/h9-12H,3-8H2,1-2H3,(H2,21,22,24);7H,1-6H2;3-5H,1-2H3,(H2,7,10,11). The fourth-order valence-corrected chi connectivity index (χ4v) is 9.01. The molecule has 2 aromatic heterocycles. The van der Waals surface area contributed by atoms with Crippen LogP contribution in [0.5, 0.6) is 5.75 Å². The van der Waals surface area contributed by atoms with E-state index in [-0.39, 0.29) is 22.1 Å². The van der Waals surface area contributed by atoms with E-state index in [2.05, 4.69) is 32.1 Å². The zero-order valence-corrected chi connectivity index (χ0v) is 32.8. The van der Waals surface area contributed by atoms with Crippen molar-refractivity contribution >= 4 is 31.8 Å². The van der Waals surface area contributed by atoms with Gasteiger partial charge >= 0.3 is 6.03 Å². The molecule has 4 aliphatic rings. The number of nitrogens with two attached hydrogens (primary N) is 1. The zero-order chi connectivity index (χ0) is 38.8. The highest BCUT2D eigenvalue weighted by molar-refractivity contribution is 7.90. The van der Waals surface area contributed by atoms with Crippen LogP contribution in [0.1, 0.15) is 110 Å². The smallest absolute Gasteiger partial charge is 0.333 e. The third-order valence-corrected chi connectivity index (χ3v) is 12.4. The summed E-state index contributed by atoms with van der Waals surface area (Å²) in [5, 5.41) is 16.2. The minimum absolute atomic E-state index is 0.0869. The van der Waals surface area contributed by atoms with Crippen LogP contribution in [-0.4, -0.2) is 42.0 Å². The quantitative estimate of drug-likeness (QED) is 0.200. The lowest BCUT2D eigenvalue weighted by atomic mass is 9.99. The third-order valence-electron chi connectivity index (χ3n) is 10.4. The molecule has 2 aromatic carbocycles. The number of benzene rings is 2. The highest BCUT2D eigenvalue weighted by Crippen LogP contribution is 2.40. The molecule has 0 fully saturated rings. The molecule has 2 heterocycles. The summed E-state index contributed by atoms with van der Waals surface area (Å²) in [5.41, 5.74) is 11.1. The van der Waals surface area contributed by atoms with Crippen LogP contribution in [0, 0.1) is 11.5 Å². The van der Waals surface area contributed by atoms with Crippen LogP contribution in [0.15, 0.2) is 47.2 Å². The number of carbonyl (C=O) groups is 1. The number of imidazole rings is 2. The van der Waals surface area contributed by atoms with E-state index < -0.39 is 26.1 Å². The molecule has 0 saturated carbocycles. The van der Waals surface area contributed by atoms with Crippen molar-refractivity contribution in [3.05, 3.63) is 81.7 Å². The van der Waals surface area contributed by atoms with E-state index in [9.17, 15) is 21.6 Å². The average molecular weight is 777 g/mol. The van der Waals surface area contributed by atoms with Crippen LogP contribution in [0.3, 0.4) is 0 Å². The summed E-state index contributed by atoms with van der Waals surface area (Å²) >= 11 is 0. The molecule has 54 heavy (non-hydrogen) atoms. The normalized spacial score (nSPS) is 15.3. The first-order valence-electron chi connectivity index (χ1n) is 18.5. The summed E-state index contributed by atoms with van der Waals surface area (Å²) in [7, 11) is -7.66. The first-order chi connectivity index (χ1) is 25.7. The first-order valence-corrected chi connectivity index (χ1v) is 21.5. The van der Waals surface area contributed by atoms with Gasteiger partial charge in [0.15, 0.2) is 10.1 Å². The second kappa shape index (κ2) is 15.9. The molecule has 4 aromatic rings. The highest BCUT2D eigenvalue weighted by atomic mass is 32.2. The molecule has 0 spiro atoms. The molecule has 2 amide bonds. The average Bonchev–Trinajstić information content (AvgIpc) is 3.96. The Kier molecular flexibility index (Phi) is 11.5. The number of aromatic nitrogens is 4. The van der Waals surface area contributed by atoms with Crippen LogP contribution in [0.4, 0.5) is 10.5 Å². The number of aryl methyl sites for hydroxylation is 4.